The van der Waals surface area contributed by atoms with Gasteiger partial charge in [0.1, 0.15) is 0 Å². The molecule has 0 spiro atoms. The Balaban J connectivity index is 1.78. The molecule has 2 aliphatic heterocycles. The van der Waals surface area contributed by atoms with Gasteiger partial charge in [-0.25, -0.2) is 0 Å². The second-order valence-electron chi connectivity index (χ2n) is 4.77. The molecule has 82 valence electrons. The number of morpholine rings is 1. The molecule has 1 N–H and O–H groups in total. The molecule has 0 aromatic rings. The van der Waals surface area contributed by atoms with Crippen LogP contribution in [0.25, 0.3) is 0 Å². The minimum absolute atomic E-state index is 0.403. The number of rotatable bonds is 2. The van der Waals surface area contributed by atoms with Crippen molar-refractivity contribution >= 4 is 0 Å². The lowest BCUT2D eigenvalue weighted by Crippen LogP contribution is -2.49. The SMILES string of the molecule is C[C@@H]1CN(C[C@H]2CCCN2)C[C@H](C)O1. The van der Waals surface area contributed by atoms with Gasteiger partial charge in [0, 0.05) is 25.7 Å². The van der Waals surface area contributed by atoms with Crippen molar-refractivity contribution in [3.8, 4) is 0 Å². The number of hydrogen-bond donors (Lipinski definition) is 1. The summed E-state index contributed by atoms with van der Waals surface area (Å²) in [6.45, 7) is 8.96. The van der Waals surface area contributed by atoms with Crippen LogP contribution in [0.2, 0.25) is 0 Å². The average Bonchev–Trinajstić information content (AvgIpc) is 2.54. The van der Waals surface area contributed by atoms with Gasteiger partial charge in [0.2, 0.25) is 0 Å². The van der Waals surface area contributed by atoms with Crippen LogP contribution in [0.15, 0.2) is 0 Å². The van der Waals surface area contributed by atoms with E-state index >= 15 is 0 Å². The van der Waals surface area contributed by atoms with Gasteiger partial charge in [0.25, 0.3) is 0 Å². The molecule has 2 rings (SSSR count). The Morgan fingerprint density at radius 1 is 1.29 bits per heavy atom. The predicted octanol–water partition coefficient (Wildman–Crippen LogP) is 0.848. The summed E-state index contributed by atoms with van der Waals surface area (Å²) in [5.74, 6) is 0. The molecule has 14 heavy (non-hydrogen) atoms. The minimum Gasteiger partial charge on any atom is -0.373 e. The van der Waals surface area contributed by atoms with Crippen LogP contribution in [-0.4, -0.2) is 49.3 Å². The van der Waals surface area contributed by atoms with Gasteiger partial charge in [-0.15, -0.1) is 0 Å². The topological polar surface area (TPSA) is 24.5 Å². The third-order valence-electron chi connectivity index (χ3n) is 3.14. The summed E-state index contributed by atoms with van der Waals surface area (Å²) in [6, 6.07) is 0.729. The van der Waals surface area contributed by atoms with Gasteiger partial charge < -0.3 is 10.1 Å². The van der Waals surface area contributed by atoms with Crippen molar-refractivity contribution in [2.45, 2.75) is 44.9 Å². The summed E-state index contributed by atoms with van der Waals surface area (Å²) in [6.07, 6.45) is 3.50. The lowest BCUT2D eigenvalue weighted by Gasteiger charge is -2.36. The fourth-order valence-electron chi connectivity index (χ4n) is 2.66. The zero-order valence-corrected chi connectivity index (χ0v) is 9.33. The lowest BCUT2D eigenvalue weighted by molar-refractivity contribution is -0.0694. The molecule has 3 atom stereocenters. The highest BCUT2D eigenvalue weighted by atomic mass is 16.5. The van der Waals surface area contributed by atoms with Crippen LogP contribution in [-0.2, 0) is 4.74 Å². The molecule has 3 nitrogen and oxygen atoms in total. The predicted molar refractivity (Wildman–Crippen MR) is 57.5 cm³/mol. The first-order valence-electron chi connectivity index (χ1n) is 5.85. The number of hydrogen-bond acceptors (Lipinski definition) is 3. The Labute approximate surface area is 86.8 Å². The summed E-state index contributed by atoms with van der Waals surface area (Å²) in [5, 5.41) is 3.55. The molecule has 0 bridgehead atoms. The Kier molecular flexibility index (Phi) is 3.42. The third-order valence-corrected chi connectivity index (χ3v) is 3.14. The van der Waals surface area contributed by atoms with E-state index in [2.05, 4.69) is 24.1 Å². The summed E-state index contributed by atoms with van der Waals surface area (Å²) in [4.78, 5) is 2.54. The molecule has 2 heterocycles. The second kappa shape index (κ2) is 4.60. The van der Waals surface area contributed by atoms with Crippen molar-refractivity contribution in [1.29, 1.82) is 0 Å². The zero-order valence-electron chi connectivity index (χ0n) is 9.33. The molecule has 0 radical (unpaired) electrons. The van der Waals surface area contributed by atoms with Gasteiger partial charge in [0.15, 0.2) is 0 Å². The Morgan fingerprint density at radius 2 is 2.00 bits per heavy atom. The van der Waals surface area contributed by atoms with Crippen molar-refractivity contribution in [3.05, 3.63) is 0 Å². The summed E-state index contributed by atoms with van der Waals surface area (Å²) in [7, 11) is 0. The minimum atomic E-state index is 0.403. The summed E-state index contributed by atoms with van der Waals surface area (Å²) in [5.41, 5.74) is 0. The van der Waals surface area contributed by atoms with Crippen LogP contribution >= 0.6 is 0 Å². The Hall–Kier alpha value is -0.120. The standard InChI is InChI=1S/C11H22N2O/c1-9-6-13(7-10(2)14-9)8-11-4-3-5-12-11/h9-12H,3-8H2,1-2H3/t9-,10+,11-/m1/s1. The largest absolute Gasteiger partial charge is 0.373 e. The number of ether oxygens (including phenoxy) is 1. The number of nitrogens with one attached hydrogen (secondary N) is 1. The van der Waals surface area contributed by atoms with E-state index in [1.807, 2.05) is 0 Å². The Bertz CT molecular complexity index is 170. The van der Waals surface area contributed by atoms with Crippen LogP contribution in [0, 0.1) is 0 Å². The van der Waals surface area contributed by atoms with E-state index < -0.39 is 0 Å². The molecular formula is C11H22N2O. The molecular weight excluding hydrogens is 176 g/mol. The van der Waals surface area contributed by atoms with E-state index in [0.717, 1.165) is 19.1 Å². The van der Waals surface area contributed by atoms with Gasteiger partial charge in [-0.1, -0.05) is 0 Å². The molecule has 0 aromatic heterocycles. The molecule has 2 aliphatic rings. The first-order valence-corrected chi connectivity index (χ1v) is 5.85. The fourth-order valence-corrected chi connectivity index (χ4v) is 2.66. The van der Waals surface area contributed by atoms with Crippen molar-refractivity contribution < 1.29 is 4.74 Å². The van der Waals surface area contributed by atoms with Gasteiger partial charge in [-0.05, 0) is 33.2 Å². The quantitative estimate of drug-likeness (QED) is 0.712. The van der Waals surface area contributed by atoms with Crippen LogP contribution in [0.1, 0.15) is 26.7 Å². The molecule has 0 aromatic carbocycles. The fraction of sp³-hybridized carbons (Fsp3) is 1.00. The summed E-state index contributed by atoms with van der Waals surface area (Å²) < 4.78 is 5.72. The third kappa shape index (κ3) is 2.69. The van der Waals surface area contributed by atoms with Gasteiger partial charge in [-0.3, -0.25) is 4.90 Å². The van der Waals surface area contributed by atoms with Crippen LogP contribution in [0.3, 0.4) is 0 Å². The monoisotopic (exact) mass is 198 g/mol. The molecule has 2 saturated heterocycles. The van der Waals surface area contributed by atoms with Gasteiger partial charge in [-0.2, -0.15) is 0 Å². The maximum Gasteiger partial charge on any atom is 0.0678 e. The normalized spacial score (nSPS) is 40.3. The first kappa shape index (κ1) is 10.4. The van der Waals surface area contributed by atoms with Crippen molar-refractivity contribution in [3.63, 3.8) is 0 Å². The Morgan fingerprint density at radius 3 is 2.57 bits per heavy atom. The van der Waals surface area contributed by atoms with Crippen molar-refractivity contribution in [1.82, 2.24) is 10.2 Å². The van der Waals surface area contributed by atoms with E-state index in [1.165, 1.54) is 25.9 Å². The van der Waals surface area contributed by atoms with E-state index in [-0.39, 0.29) is 0 Å². The highest BCUT2D eigenvalue weighted by molar-refractivity contribution is 4.81. The van der Waals surface area contributed by atoms with E-state index in [0.29, 0.717) is 12.2 Å². The second-order valence-corrected chi connectivity index (χ2v) is 4.77. The number of nitrogens with zero attached hydrogens (tertiary/aromatic N) is 1. The maximum absolute atomic E-state index is 5.72. The highest BCUT2D eigenvalue weighted by Crippen LogP contribution is 2.13. The molecule has 0 unspecified atom stereocenters. The van der Waals surface area contributed by atoms with Crippen molar-refractivity contribution in [2.75, 3.05) is 26.2 Å². The smallest absolute Gasteiger partial charge is 0.0678 e. The van der Waals surface area contributed by atoms with Gasteiger partial charge in [0.05, 0.1) is 12.2 Å². The van der Waals surface area contributed by atoms with Crippen LogP contribution < -0.4 is 5.32 Å². The van der Waals surface area contributed by atoms with Crippen LogP contribution in [0.5, 0.6) is 0 Å². The van der Waals surface area contributed by atoms with Crippen LogP contribution in [0.4, 0.5) is 0 Å². The summed E-state index contributed by atoms with van der Waals surface area (Å²) >= 11 is 0. The molecule has 0 aliphatic carbocycles. The van der Waals surface area contributed by atoms with E-state index in [4.69, 9.17) is 4.74 Å². The zero-order chi connectivity index (χ0) is 9.97. The average molecular weight is 198 g/mol. The highest BCUT2D eigenvalue weighted by Gasteiger charge is 2.25. The van der Waals surface area contributed by atoms with E-state index in [9.17, 15) is 0 Å². The van der Waals surface area contributed by atoms with Gasteiger partial charge >= 0.3 is 0 Å². The molecule has 3 heteroatoms. The lowest BCUT2D eigenvalue weighted by atomic mass is 10.1. The van der Waals surface area contributed by atoms with Crippen molar-refractivity contribution in [2.24, 2.45) is 0 Å². The molecule has 0 amide bonds. The maximum atomic E-state index is 5.72. The first-order chi connectivity index (χ1) is 6.74. The van der Waals surface area contributed by atoms with E-state index in [1.54, 1.807) is 0 Å². The molecule has 0 saturated carbocycles. The molecule has 2 fully saturated rings.